The number of carbonyl (C=O) groups is 1. The van der Waals surface area contributed by atoms with E-state index in [0.717, 1.165) is 13.7 Å². The van der Waals surface area contributed by atoms with E-state index in [9.17, 15) is 21.6 Å². The average Bonchev–Trinajstić information content (AvgIpc) is 2.94. The molecule has 4 rings (SSSR count). The molecule has 4 aromatic carbocycles. The lowest BCUT2D eigenvalue weighted by atomic mass is 10.2. The second kappa shape index (κ2) is 11.8. The standard InChI is InChI=1S/C27H24BrN3O5S3/c1-31(39(35,36)26-17-13-24(37-2)14-18-26)23-11-3-19(4-12-23)27(32)29-21-9-15-25(16-10-21)38(33,34)30-22-7-5-20(28)6-8-22/h3-18,30H,1-2H3,(H,29,32). The predicted octanol–water partition coefficient (Wildman–Crippen LogP) is 6.05. The van der Waals surface area contributed by atoms with E-state index < -0.39 is 26.0 Å². The summed E-state index contributed by atoms with van der Waals surface area (Å²) in [7, 11) is -6.12. The molecular weight excluding hydrogens is 622 g/mol. The Morgan fingerprint density at radius 1 is 0.744 bits per heavy atom. The van der Waals surface area contributed by atoms with Crippen molar-refractivity contribution in [1.29, 1.82) is 0 Å². The van der Waals surface area contributed by atoms with E-state index in [1.165, 1.54) is 55.2 Å². The number of nitrogens with one attached hydrogen (secondary N) is 2. The highest BCUT2D eigenvalue weighted by Gasteiger charge is 2.21. The summed E-state index contributed by atoms with van der Waals surface area (Å²) in [6, 6.07) is 25.3. The number of benzene rings is 4. The van der Waals surface area contributed by atoms with Crippen molar-refractivity contribution in [3.8, 4) is 0 Å². The summed E-state index contributed by atoms with van der Waals surface area (Å²) in [5.41, 5.74) is 1.53. The Labute approximate surface area is 240 Å². The zero-order valence-electron chi connectivity index (χ0n) is 20.8. The van der Waals surface area contributed by atoms with E-state index in [-0.39, 0.29) is 9.79 Å². The zero-order chi connectivity index (χ0) is 28.2. The second-order valence-electron chi connectivity index (χ2n) is 8.29. The van der Waals surface area contributed by atoms with Gasteiger partial charge < -0.3 is 5.32 Å². The van der Waals surface area contributed by atoms with Gasteiger partial charge in [0.25, 0.3) is 26.0 Å². The molecule has 0 spiro atoms. The Kier molecular flexibility index (Phi) is 8.70. The van der Waals surface area contributed by atoms with Crippen LogP contribution in [0.15, 0.2) is 116 Å². The number of thioether (sulfide) groups is 1. The van der Waals surface area contributed by atoms with Crippen molar-refractivity contribution in [1.82, 2.24) is 0 Å². The Hall–Kier alpha value is -3.32. The van der Waals surface area contributed by atoms with Gasteiger partial charge in [0.2, 0.25) is 0 Å². The molecule has 8 nitrogen and oxygen atoms in total. The lowest BCUT2D eigenvalue weighted by Crippen LogP contribution is -2.26. The third kappa shape index (κ3) is 6.82. The van der Waals surface area contributed by atoms with Crippen molar-refractivity contribution in [2.24, 2.45) is 0 Å². The number of sulfonamides is 2. The van der Waals surface area contributed by atoms with Crippen molar-refractivity contribution in [2.45, 2.75) is 14.7 Å². The predicted molar refractivity (Wildman–Crippen MR) is 160 cm³/mol. The van der Waals surface area contributed by atoms with E-state index in [2.05, 4.69) is 26.0 Å². The maximum absolute atomic E-state index is 13.0. The van der Waals surface area contributed by atoms with Crippen molar-refractivity contribution in [3.63, 3.8) is 0 Å². The van der Waals surface area contributed by atoms with Crippen molar-refractivity contribution in [2.75, 3.05) is 27.6 Å². The summed E-state index contributed by atoms with van der Waals surface area (Å²) >= 11 is 4.83. The number of nitrogens with zero attached hydrogens (tertiary/aromatic N) is 1. The largest absolute Gasteiger partial charge is 0.322 e. The molecule has 0 saturated carbocycles. The Morgan fingerprint density at radius 3 is 1.85 bits per heavy atom. The van der Waals surface area contributed by atoms with Crippen molar-refractivity contribution in [3.05, 3.63) is 107 Å². The molecule has 1 amide bonds. The highest BCUT2D eigenvalue weighted by Crippen LogP contribution is 2.25. The fraction of sp³-hybridized carbons (Fsp3) is 0.0741. The monoisotopic (exact) mass is 645 g/mol. The van der Waals surface area contributed by atoms with Gasteiger partial charge in [-0.15, -0.1) is 11.8 Å². The number of amides is 1. The number of carbonyl (C=O) groups excluding carboxylic acids is 1. The maximum Gasteiger partial charge on any atom is 0.264 e. The Morgan fingerprint density at radius 2 is 1.28 bits per heavy atom. The van der Waals surface area contributed by atoms with Crippen LogP contribution >= 0.6 is 27.7 Å². The minimum absolute atomic E-state index is 0.0418. The van der Waals surface area contributed by atoms with Crippen LogP contribution in [0.3, 0.4) is 0 Å². The number of rotatable bonds is 9. The average molecular weight is 647 g/mol. The first-order chi connectivity index (χ1) is 18.5. The minimum atomic E-state index is -3.81. The molecule has 202 valence electrons. The molecular formula is C27H24BrN3O5S3. The van der Waals surface area contributed by atoms with Gasteiger partial charge in [-0.2, -0.15) is 0 Å². The minimum Gasteiger partial charge on any atom is -0.322 e. The maximum atomic E-state index is 13.0. The van der Waals surface area contributed by atoms with Gasteiger partial charge in [0, 0.05) is 33.4 Å². The summed E-state index contributed by atoms with van der Waals surface area (Å²) in [5.74, 6) is -0.427. The summed E-state index contributed by atoms with van der Waals surface area (Å²) in [4.78, 5) is 13.9. The molecule has 0 aromatic heterocycles. The van der Waals surface area contributed by atoms with Crippen LogP contribution in [-0.4, -0.2) is 36.0 Å². The fourth-order valence-corrected chi connectivity index (χ4v) is 6.45. The lowest BCUT2D eigenvalue weighted by Gasteiger charge is -2.20. The molecule has 0 heterocycles. The van der Waals surface area contributed by atoms with Gasteiger partial charge in [-0.25, -0.2) is 16.8 Å². The van der Waals surface area contributed by atoms with Gasteiger partial charge in [-0.05, 0) is 103 Å². The van der Waals surface area contributed by atoms with Crippen molar-refractivity contribution >= 4 is 70.7 Å². The SMILES string of the molecule is CSc1ccc(S(=O)(=O)N(C)c2ccc(C(=O)Nc3ccc(S(=O)(=O)Nc4ccc(Br)cc4)cc3)cc2)cc1. The van der Waals surface area contributed by atoms with Crippen LogP contribution in [0.2, 0.25) is 0 Å². The van der Waals surface area contributed by atoms with Crippen LogP contribution in [0, 0.1) is 0 Å². The summed E-state index contributed by atoms with van der Waals surface area (Å²) in [5, 5.41) is 2.72. The van der Waals surface area contributed by atoms with E-state index in [4.69, 9.17) is 0 Å². The first-order valence-corrected chi connectivity index (χ1v) is 16.4. The number of hydrogen-bond donors (Lipinski definition) is 2. The second-order valence-corrected chi connectivity index (χ2v) is 13.7. The molecule has 39 heavy (non-hydrogen) atoms. The molecule has 0 aliphatic carbocycles. The van der Waals surface area contributed by atoms with Gasteiger partial charge in [0.15, 0.2) is 0 Å². The molecule has 0 aliphatic heterocycles. The third-order valence-electron chi connectivity index (χ3n) is 5.73. The van der Waals surface area contributed by atoms with Crippen LogP contribution in [0.4, 0.5) is 17.1 Å². The third-order valence-corrected chi connectivity index (χ3v) is 10.2. The first kappa shape index (κ1) is 28.7. The number of hydrogen-bond acceptors (Lipinski definition) is 6. The van der Waals surface area contributed by atoms with E-state index >= 15 is 0 Å². The van der Waals surface area contributed by atoms with Gasteiger partial charge in [0.1, 0.15) is 0 Å². The van der Waals surface area contributed by atoms with E-state index in [1.54, 1.807) is 60.7 Å². The molecule has 0 aliphatic rings. The van der Waals surface area contributed by atoms with Gasteiger partial charge in [-0.3, -0.25) is 13.8 Å². The van der Waals surface area contributed by atoms with Crippen LogP contribution in [0.5, 0.6) is 0 Å². The van der Waals surface area contributed by atoms with E-state index in [0.29, 0.717) is 22.6 Å². The molecule has 0 radical (unpaired) electrons. The highest BCUT2D eigenvalue weighted by atomic mass is 79.9. The normalized spacial score (nSPS) is 11.6. The molecule has 0 bridgehead atoms. The number of anilines is 3. The molecule has 12 heteroatoms. The van der Waals surface area contributed by atoms with Gasteiger partial charge >= 0.3 is 0 Å². The topological polar surface area (TPSA) is 113 Å². The van der Waals surface area contributed by atoms with Crippen molar-refractivity contribution < 1.29 is 21.6 Å². The number of halogens is 1. The summed E-state index contributed by atoms with van der Waals surface area (Å²) in [6.45, 7) is 0. The molecule has 4 aromatic rings. The van der Waals surface area contributed by atoms with E-state index in [1.807, 2.05) is 6.26 Å². The van der Waals surface area contributed by atoms with Crippen LogP contribution in [0.25, 0.3) is 0 Å². The lowest BCUT2D eigenvalue weighted by molar-refractivity contribution is 0.102. The van der Waals surface area contributed by atoms with Crippen LogP contribution < -0.4 is 14.3 Å². The Balaban J connectivity index is 1.42. The fourth-order valence-electron chi connectivity index (χ4n) is 3.52. The van der Waals surface area contributed by atoms with Gasteiger partial charge in [-0.1, -0.05) is 15.9 Å². The first-order valence-electron chi connectivity index (χ1n) is 11.4. The molecule has 0 unspecified atom stereocenters. The zero-order valence-corrected chi connectivity index (χ0v) is 24.9. The molecule has 2 N–H and O–H groups in total. The summed E-state index contributed by atoms with van der Waals surface area (Å²) < 4.78 is 55.8. The smallest absolute Gasteiger partial charge is 0.264 e. The molecule has 0 fully saturated rings. The van der Waals surface area contributed by atoms with Crippen LogP contribution in [-0.2, 0) is 20.0 Å². The molecule has 0 atom stereocenters. The Bertz CT molecular complexity index is 1680. The molecule has 0 saturated heterocycles. The highest BCUT2D eigenvalue weighted by molar-refractivity contribution is 9.10. The van der Waals surface area contributed by atoms with Crippen LogP contribution in [0.1, 0.15) is 10.4 Å². The quantitative estimate of drug-likeness (QED) is 0.214. The summed E-state index contributed by atoms with van der Waals surface area (Å²) in [6.07, 6.45) is 1.91. The van der Waals surface area contributed by atoms with Gasteiger partial charge in [0.05, 0.1) is 15.5 Å².